The smallest absolute Gasteiger partial charge is 0.280 e. The maximum Gasteiger partial charge on any atom is 0.280 e. The highest BCUT2D eigenvalue weighted by Gasteiger charge is 2.38. The predicted octanol–water partition coefficient (Wildman–Crippen LogP) is 1.77. The van der Waals surface area contributed by atoms with Gasteiger partial charge in [0.2, 0.25) is 0 Å². The number of fused-ring (bicyclic) bond motifs is 2. The van der Waals surface area contributed by atoms with E-state index in [1.807, 2.05) is 0 Å². The van der Waals surface area contributed by atoms with Crippen molar-refractivity contribution >= 4 is 10.1 Å². The quantitative estimate of drug-likeness (QED) is 0.725. The molecule has 2 aliphatic rings. The van der Waals surface area contributed by atoms with Gasteiger partial charge in [-0.2, -0.15) is 8.42 Å². The molecular weight excluding hydrogens is 226 g/mol. The van der Waals surface area contributed by atoms with Gasteiger partial charge in [-0.25, -0.2) is 0 Å². The van der Waals surface area contributed by atoms with Crippen molar-refractivity contribution in [2.24, 2.45) is 23.5 Å². The topological polar surface area (TPSA) is 80.4 Å². The van der Waals surface area contributed by atoms with Gasteiger partial charge in [-0.05, 0) is 43.4 Å². The Balaban J connectivity index is 1.69. The molecule has 2 rings (SSSR count). The average Bonchev–Trinajstić information content (AvgIpc) is 2.77. The van der Waals surface area contributed by atoms with Gasteiger partial charge < -0.3 is 5.73 Å². The van der Waals surface area contributed by atoms with Crippen LogP contribution in [0.15, 0.2) is 0 Å². The van der Waals surface area contributed by atoms with E-state index < -0.39 is 15.5 Å². The maximum absolute atomic E-state index is 10.7. The predicted molar refractivity (Wildman–Crippen MR) is 62.3 cm³/mol. The van der Waals surface area contributed by atoms with E-state index in [1.165, 1.54) is 25.7 Å². The molecule has 0 aromatic heterocycles. The minimum absolute atomic E-state index is 0.382. The Morgan fingerprint density at radius 1 is 1.31 bits per heavy atom. The van der Waals surface area contributed by atoms with E-state index in [4.69, 9.17) is 10.3 Å². The molecule has 0 radical (unpaired) electrons. The molecule has 5 heteroatoms. The first-order valence-corrected chi connectivity index (χ1v) is 7.69. The third-order valence-corrected chi connectivity index (χ3v) is 5.33. The molecule has 2 aliphatic carbocycles. The molecule has 2 saturated carbocycles. The van der Waals surface area contributed by atoms with Gasteiger partial charge in [-0.1, -0.05) is 19.3 Å². The van der Waals surface area contributed by atoms with Gasteiger partial charge >= 0.3 is 0 Å². The molecular formula is C11H21NO3S. The van der Waals surface area contributed by atoms with Crippen LogP contribution >= 0.6 is 0 Å². The summed E-state index contributed by atoms with van der Waals surface area (Å²) in [5.41, 5.74) is 5.37. The van der Waals surface area contributed by atoms with Gasteiger partial charge in [0.05, 0.1) is 0 Å². The van der Waals surface area contributed by atoms with Gasteiger partial charge in [0, 0.05) is 0 Å². The number of hydrogen-bond acceptors (Lipinski definition) is 3. The highest BCUT2D eigenvalue weighted by atomic mass is 32.2. The summed E-state index contributed by atoms with van der Waals surface area (Å²) in [6.45, 7) is 0. The van der Waals surface area contributed by atoms with Crippen molar-refractivity contribution in [2.75, 3.05) is 0 Å². The van der Waals surface area contributed by atoms with E-state index in [0.717, 1.165) is 30.6 Å². The molecule has 0 saturated heterocycles. The Morgan fingerprint density at radius 2 is 2.06 bits per heavy atom. The zero-order valence-electron chi connectivity index (χ0n) is 9.51. The molecule has 0 aromatic rings. The number of hydrogen-bond donors (Lipinski definition) is 2. The summed E-state index contributed by atoms with van der Waals surface area (Å²) in [5.74, 6) is 2.60. The first-order valence-electron chi connectivity index (χ1n) is 6.18. The fraction of sp³-hybridized carbons (Fsp3) is 1.00. The Kier molecular flexibility index (Phi) is 3.56. The first-order chi connectivity index (χ1) is 7.47. The standard InChI is InChI=1S/C11H21NO3S/c12-11(16(13,14)15)3-1-2-9-6-8-4-5-10(9)7-8/h8-11H,1-7,12H2,(H,13,14,15). The van der Waals surface area contributed by atoms with Crippen molar-refractivity contribution in [2.45, 2.75) is 50.3 Å². The minimum Gasteiger partial charge on any atom is -0.313 e. The first kappa shape index (κ1) is 12.3. The second-order valence-electron chi connectivity index (χ2n) is 5.42. The van der Waals surface area contributed by atoms with Crippen LogP contribution in [-0.4, -0.2) is 18.3 Å². The van der Waals surface area contributed by atoms with Crippen LogP contribution in [0.5, 0.6) is 0 Å². The van der Waals surface area contributed by atoms with Crippen molar-refractivity contribution in [1.29, 1.82) is 0 Å². The van der Waals surface area contributed by atoms with Gasteiger partial charge in [0.25, 0.3) is 10.1 Å². The fourth-order valence-electron chi connectivity index (χ4n) is 3.46. The Bertz CT molecular complexity index is 341. The van der Waals surface area contributed by atoms with E-state index >= 15 is 0 Å². The molecule has 0 heterocycles. The van der Waals surface area contributed by atoms with Crippen molar-refractivity contribution in [1.82, 2.24) is 0 Å². The van der Waals surface area contributed by atoms with Crippen molar-refractivity contribution in [3.63, 3.8) is 0 Å². The summed E-state index contributed by atoms with van der Waals surface area (Å²) < 4.78 is 30.2. The summed E-state index contributed by atoms with van der Waals surface area (Å²) in [4.78, 5) is 0. The Morgan fingerprint density at radius 3 is 2.56 bits per heavy atom. The Labute approximate surface area is 97.3 Å². The summed E-state index contributed by atoms with van der Waals surface area (Å²) in [6.07, 6.45) is 7.73. The maximum atomic E-state index is 10.7. The van der Waals surface area contributed by atoms with Crippen LogP contribution in [0.1, 0.15) is 44.9 Å². The number of rotatable bonds is 5. The van der Waals surface area contributed by atoms with E-state index in [2.05, 4.69) is 0 Å². The summed E-state index contributed by atoms with van der Waals surface area (Å²) in [5, 5.41) is -1.09. The lowest BCUT2D eigenvalue weighted by Crippen LogP contribution is -2.30. The van der Waals surface area contributed by atoms with E-state index in [-0.39, 0.29) is 0 Å². The van der Waals surface area contributed by atoms with E-state index in [1.54, 1.807) is 0 Å². The van der Waals surface area contributed by atoms with Crippen LogP contribution in [-0.2, 0) is 10.1 Å². The van der Waals surface area contributed by atoms with Gasteiger partial charge in [-0.3, -0.25) is 4.55 Å². The average molecular weight is 247 g/mol. The molecule has 3 N–H and O–H groups in total. The van der Waals surface area contributed by atoms with Gasteiger partial charge in [-0.15, -0.1) is 0 Å². The number of nitrogens with two attached hydrogens (primary N) is 1. The van der Waals surface area contributed by atoms with Crippen molar-refractivity contribution < 1.29 is 13.0 Å². The fourth-order valence-corrected chi connectivity index (χ4v) is 3.92. The summed E-state index contributed by atoms with van der Waals surface area (Å²) >= 11 is 0. The molecule has 0 spiro atoms. The van der Waals surface area contributed by atoms with Crippen LogP contribution in [0.25, 0.3) is 0 Å². The van der Waals surface area contributed by atoms with Crippen LogP contribution in [0.2, 0.25) is 0 Å². The molecule has 2 fully saturated rings. The molecule has 4 unspecified atom stereocenters. The largest absolute Gasteiger partial charge is 0.313 e. The monoisotopic (exact) mass is 247 g/mol. The molecule has 16 heavy (non-hydrogen) atoms. The minimum atomic E-state index is -4.03. The van der Waals surface area contributed by atoms with Crippen LogP contribution in [0.4, 0.5) is 0 Å². The highest BCUT2D eigenvalue weighted by Crippen LogP contribution is 2.49. The van der Waals surface area contributed by atoms with E-state index in [9.17, 15) is 8.42 Å². The zero-order valence-corrected chi connectivity index (χ0v) is 10.3. The van der Waals surface area contributed by atoms with Crippen LogP contribution < -0.4 is 5.73 Å². The van der Waals surface area contributed by atoms with E-state index in [0.29, 0.717) is 6.42 Å². The van der Waals surface area contributed by atoms with Crippen molar-refractivity contribution in [3.05, 3.63) is 0 Å². The molecule has 2 bridgehead atoms. The molecule has 0 amide bonds. The lowest BCUT2D eigenvalue weighted by atomic mass is 9.85. The highest BCUT2D eigenvalue weighted by molar-refractivity contribution is 7.86. The molecule has 94 valence electrons. The SMILES string of the molecule is NC(CCCC1CC2CCC1C2)S(=O)(=O)O. The second-order valence-corrected chi connectivity index (χ2v) is 7.05. The lowest BCUT2D eigenvalue weighted by Gasteiger charge is -2.21. The Hall–Kier alpha value is -0.130. The van der Waals surface area contributed by atoms with Gasteiger partial charge in [0.15, 0.2) is 0 Å². The van der Waals surface area contributed by atoms with Crippen LogP contribution in [0, 0.1) is 17.8 Å². The second kappa shape index (κ2) is 4.63. The normalized spacial score (nSPS) is 35.5. The third kappa shape index (κ3) is 2.76. The van der Waals surface area contributed by atoms with Gasteiger partial charge in [0.1, 0.15) is 5.37 Å². The third-order valence-electron chi connectivity index (χ3n) is 4.33. The summed E-state index contributed by atoms with van der Waals surface area (Å²) in [6, 6.07) is 0. The molecule has 4 atom stereocenters. The van der Waals surface area contributed by atoms with Crippen LogP contribution in [0.3, 0.4) is 0 Å². The summed E-state index contributed by atoms with van der Waals surface area (Å²) in [7, 11) is -4.03. The zero-order chi connectivity index (χ0) is 11.8. The molecule has 0 aliphatic heterocycles. The van der Waals surface area contributed by atoms with Crippen molar-refractivity contribution in [3.8, 4) is 0 Å². The molecule has 0 aromatic carbocycles. The lowest BCUT2D eigenvalue weighted by molar-refractivity contribution is 0.304. The molecule has 4 nitrogen and oxygen atoms in total.